The summed E-state index contributed by atoms with van der Waals surface area (Å²) in [6, 6.07) is 7.34. The van der Waals surface area contributed by atoms with Crippen molar-refractivity contribution in [3.63, 3.8) is 0 Å². The molecule has 0 aliphatic heterocycles. The van der Waals surface area contributed by atoms with Crippen LogP contribution in [-0.2, 0) is 12.7 Å². The van der Waals surface area contributed by atoms with Crippen molar-refractivity contribution < 1.29 is 27.5 Å². The van der Waals surface area contributed by atoms with Crippen molar-refractivity contribution in [2.45, 2.75) is 12.7 Å². The smallest absolute Gasteiger partial charge is 0.417 e. The second-order valence-electron chi connectivity index (χ2n) is 5.67. The number of amides is 1. The minimum absolute atomic E-state index is 0.00145. The van der Waals surface area contributed by atoms with Gasteiger partial charge in [-0.05, 0) is 29.8 Å². The van der Waals surface area contributed by atoms with Crippen molar-refractivity contribution >= 4 is 5.91 Å². The van der Waals surface area contributed by atoms with Gasteiger partial charge >= 0.3 is 6.18 Å². The van der Waals surface area contributed by atoms with Gasteiger partial charge in [-0.1, -0.05) is 12.1 Å². The highest BCUT2D eigenvalue weighted by molar-refractivity contribution is 5.96. The number of nitrogens with one attached hydrogen (secondary N) is 1. The topological polar surface area (TPSA) is 88.0 Å². The summed E-state index contributed by atoms with van der Waals surface area (Å²) >= 11 is 0. The molecule has 0 bridgehead atoms. The van der Waals surface area contributed by atoms with Crippen molar-refractivity contribution in [2.24, 2.45) is 0 Å². The predicted molar refractivity (Wildman–Crippen MR) is 89.5 cm³/mol. The molecule has 2 heterocycles. The zero-order chi connectivity index (χ0) is 20.3. The Morgan fingerprint density at radius 3 is 2.32 bits per heavy atom. The molecule has 1 aromatic carbocycles. The molecule has 3 aromatic rings. The van der Waals surface area contributed by atoms with Gasteiger partial charge in [-0.2, -0.15) is 18.2 Å². The van der Waals surface area contributed by atoms with Crippen LogP contribution in [0, 0.1) is 5.82 Å². The van der Waals surface area contributed by atoms with E-state index in [4.69, 9.17) is 0 Å². The lowest BCUT2D eigenvalue weighted by Crippen LogP contribution is -2.23. The molecule has 0 unspecified atom stereocenters. The summed E-state index contributed by atoms with van der Waals surface area (Å²) in [5, 5.41) is 12.5. The maximum Gasteiger partial charge on any atom is 0.417 e. The first-order chi connectivity index (χ1) is 13.2. The van der Waals surface area contributed by atoms with Crippen molar-refractivity contribution in [1.29, 1.82) is 0 Å². The van der Waals surface area contributed by atoms with Gasteiger partial charge in [0.25, 0.3) is 5.91 Å². The molecule has 6 nitrogen and oxygen atoms in total. The Morgan fingerprint density at radius 1 is 1.04 bits per heavy atom. The average molecular weight is 392 g/mol. The molecule has 0 aliphatic carbocycles. The number of aromatic nitrogens is 3. The minimum atomic E-state index is -4.53. The van der Waals surface area contributed by atoms with Crippen molar-refractivity contribution in [1.82, 2.24) is 20.3 Å². The average Bonchev–Trinajstić information content (AvgIpc) is 2.66. The Bertz CT molecular complexity index is 990. The normalized spacial score (nSPS) is 11.3. The second-order valence-corrected chi connectivity index (χ2v) is 5.67. The molecule has 0 spiro atoms. The van der Waals surface area contributed by atoms with Gasteiger partial charge in [0, 0.05) is 18.9 Å². The second kappa shape index (κ2) is 7.59. The highest BCUT2D eigenvalue weighted by atomic mass is 19.4. The molecule has 0 saturated carbocycles. The number of alkyl halides is 3. The zero-order valence-electron chi connectivity index (χ0n) is 14.0. The van der Waals surface area contributed by atoms with E-state index in [1.165, 1.54) is 24.3 Å². The summed E-state index contributed by atoms with van der Waals surface area (Å²) in [6.07, 6.45) is -2.86. The summed E-state index contributed by atoms with van der Waals surface area (Å²) < 4.78 is 50.6. The molecular weight excluding hydrogens is 380 g/mol. The maximum atomic E-state index is 12.9. The standard InChI is InChI=1S/C18H12F4N4O2/c19-12-4-1-10(2-5-12)7-25-16(27)13-9-24-15(26-17(13)28)14-6-3-11(8-23-14)18(20,21)22/h1-6,8-9H,7H2,(H,25,27)(H,24,26,28). The number of benzene rings is 1. The van der Waals surface area contributed by atoms with Gasteiger partial charge in [0.05, 0.1) is 5.56 Å². The molecule has 144 valence electrons. The van der Waals surface area contributed by atoms with E-state index < -0.39 is 29.3 Å². The van der Waals surface area contributed by atoms with Crippen LogP contribution in [-0.4, -0.2) is 26.0 Å². The molecule has 28 heavy (non-hydrogen) atoms. The van der Waals surface area contributed by atoms with E-state index in [-0.39, 0.29) is 23.6 Å². The van der Waals surface area contributed by atoms with Crippen LogP contribution in [0.25, 0.3) is 11.5 Å². The Kier molecular flexibility index (Phi) is 5.21. The number of halogens is 4. The lowest BCUT2D eigenvalue weighted by molar-refractivity contribution is -0.137. The first-order valence-corrected chi connectivity index (χ1v) is 7.86. The van der Waals surface area contributed by atoms with Crippen molar-refractivity contribution in [2.75, 3.05) is 0 Å². The van der Waals surface area contributed by atoms with E-state index in [1.807, 2.05) is 0 Å². The molecule has 2 N–H and O–H groups in total. The zero-order valence-corrected chi connectivity index (χ0v) is 14.0. The molecule has 10 heteroatoms. The molecule has 0 saturated heterocycles. The highest BCUT2D eigenvalue weighted by Crippen LogP contribution is 2.29. The predicted octanol–water partition coefficient (Wildman–Crippen LogP) is 3.33. The summed E-state index contributed by atoms with van der Waals surface area (Å²) in [5.41, 5.74) is -0.516. The number of nitrogens with zero attached hydrogens (tertiary/aromatic N) is 3. The van der Waals surface area contributed by atoms with Crippen molar-refractivity contribution in [3.05, 3.63) is 71.3 Å². The van der Waals surface area contributed by atoms with E-state index in [2.05, 4.69) is 20.3 Å². The third kappa shape index (κ3) is 4.40. The number of aromatic hydroxyl groups is 1. The SMILES string of the molecule is O=C(NCc1ccc(F)cc1)c1cnc(-c2ccc(C(F)(F)F)cn2)nc1O. The van der Waals surface area contributed by atoms with E-state index in [1.54, 1.807) is 0 Å². The molecule has 0 aliphatic rings. The number of carbonyl (C=O) groups is 1. The van der Waals surface area contributed by atoms with Gasteiger partial charge in [-0.3, -0.25) is 9.78 Å². The molecule has 2 aromatic heterocycles. The van der Waals surface area contributed by atoms with E-state index in [9.17, 15) is 27.5 Å². The van der Waals surface area contributed by atoms with Gasteiger partial charge in [0.15, 0.2) is 5.82 Å². The van der Waals surface area contributed by atoms with Crippen LogP contribution in [0.15, 0.2) is 48.8 Å². The largest absolute Gasteiger partial charge is 0.493 e. The van der Waals surface area contributed by atoms with Crippen LogP contribution < -0.4 is 5.32 Å². The van der Waals surface area contributed by atoms with Gasteiger partial charge in [0.1, 0.15) is 17.1 Å². The summed E-state index contributed by atoms with van der Waals surface area (Å²) in [4.78, 5) is 23.3. The number of hydrogen-bond acceptors (Lipinski definition) is 5. The Balaban J connectivity index is 1.72. The monoisotopic (exact) mass is 392 g/mol. The van der Waals surface area contributed by atoms with Gasteiger partial charge in [-0.15, -0.1) is 0 Å². The van der Waals surface area contributed by atoms with Gasteiger partial charge < -0.3 is 10.4 Å². The van der Waals surface area contributed by atoms with Crippen LogP contribution in [0.2, 0.25) is 0 Å². The molecular formula is C18H12F4N4O2. The fraction of sp³-hybridized carbons (Fsp3) is 0.111. The number of rotatable bonds is 4. The number of pyridine rings is 1. The quantitative estimate of drug-likeness (QED) is 0.665. The Hall–Kier alpha value is -3.56. The minimum Gasteiger partial charge on any atom is -0.493 e. The number of hydrogen-bond donors (Lipinski definition) is 2. The fourth-order valence-electron chi connectivity index (χ4n) is 2.23. The van der Waals surface area contributed by atoms with Gasteiger partial charge in [0.2, 0.25) is 5.88 Å². The first kappa shape index (κ1) is 19.2. The molecule has 0 atom stereocenters. The molecule has 3 rings (SSSR count). The fourth-order valence-corrected chi connectivity index (χ4v) is 2.23. The summed E-state index contributed by atoms with van der Waals surface area (Å²) in [5.74, 6) is -1.87. The molecule has 0 radical (unpaired) electrons. The van der Waals surface area contributed by atoms with Crippen LogP contribution in [0.4, 0.5) is 17.6 Å². The van der Waals surface area contributed by atoms with E-state index in [0.717, 1.165) is 18.3 Å². The third-order valence-electron chi connectivity index (χ3n) is 3.70. The summed E-state index contributed by atoms with van der Waals surface area (Å²) in [6.45, 7) is 0.0841. The van der Waals surface area contributed by atoms with Crippen molar-refractivity contribution in [3.8, 4) is 17.4 Å². The number of carbonyl (C=O) groups excluding carboxylic acids is 1. The van der Waals surface area contributed by atoms with E-state index >= 15 is 0 Å². The van der Waals surface area contributed by atoms with Crippen LogP contribution in [0.1, 0.15) is 21.5 Å². The van der Waals surface area contributed by atoms with E-state index in [0.29, 0.717) is 11.8 Å². The molecule has 1 amide bonds. The summed E-state index contributed by atoms with van der Waals surface area (Å²) in [7, 11) is 0. The highest BCUT2D eigenvalue weighted by Gasteiger charge is 2.30. The third-order valence-corrected chi connectivity index (χ3v) is 3.70. The lowest BCUT2D eigenvalue weighted by atomic mass is 10.2. The Morgan fingerprint density at radius 2 is 1.75 bits per heavy atom. The molecule has 0 fully saturated rings. The van der Waals surface area contributed by atoms with Crippen LogP contribution in [0.5, 0.6) is 5.88 Å². The van der Waals surface area contributed by atoms with Crippen LogP contribution in [0.3, 0.4) is 0 Å². The van der Waals surface area contributed by atoms with Gasteiger partial charge in [-0.25, -0.2) is 9.37 Å². The first-order valence-electron chi connectivity index (χ1n) is 7.86. The van der Waals surface area contributed by atoms with Crippen LogP contribution >= 0.6 is 0 Å². The lowest BCUT2D eigenvalue weighted by Gasteiger charge is -2.08. The Labute approximate surface area is 155 Å². The maximum absolute atomic E-state index is 12.9.